The second-order valence-electron chi connectivity index (χ2n) is 4.88. The Balaban J connectivity index is 2.13. The number of benzene rings is 2. The Morgan fingerprint density at radius 2 is 1.50 bits per heavy atom. The molecule has 0 aliphatic rings. The van der Waals surface area contributed by atoms with Crippen LogP contribution in [-0.2, 0) is 0 Å². The highest BCUT2D eigenvalue weighted by atomic mass is 16.5. The Morgan fingerprint density at radius 1 is 0.864 bits per heavy atom. The Labute approximate surface area is 131 Å². The molecule has 0 atom stereocenters. The minimum Gasteiger partial charge on any atom is -0.508 e. The highest BCUT2D eigenvalue weighted by molar-refractivity contribution is 5.62. The zero-order chi connectivity index (χ0) is 15.9. The van der Waals surface area contributed by atoms with E-state index < -0.39 is 0 Å². The van der Waals surface area contributed by atoms with Crippen LogP contribution in [0.25, 0.3) is 12.2 Å². The summed E-state index contributed by atoms with van der Waals surface area (Å²) >= 11 is 0. The molecule has 0 aromatic heterocycles. The molecule has 3 heteroatoms. The first-order valence-electron chi connectivity index (χ1n) is 7.00. The molecule has 0 saturated carbocycles. The Bertz CT molecular complexity index is 683. The minimum absolute atomic E-state index is 0.272. The summed E-state index contributed by atoms with van der Waals surface area (Å²) in [6, 6.07) is 11.0. The van der Waals surface area contributed by atoms with Crippen molar-refractivity contribution in [3.8, 4) is 17.2 Å². The summed E-state index contributed by atoms with van der Waals surface area (Å²) in [6.07, 6.45) is 7.90. The van der Waals surface area contributed by atoms with Crippen molar-refractivity contribution in [2.75, 3.05) is 14.2 Å². The standard InChI is InChI=1S/C19H20O3/c1-14-12-16(13-18(21-2)19(14)22-3)7-5-4-6-15-8-10-17(20)11-9-15/h4-13,20H,1-3H3/b6-4+,7-5+. The average molecular weight is 296 g/mol. The summed E-state index contributed by atoms with van der Waals surface area (Å²) in [7, 11) is 3.27. The third kappa shape index (κ3) is 3.92. The topological polar surface area (TPSA) is 38.7 Å². The number of methoxy groups -OCH3 is 2. The van der Waals surface area contributed by atoms with Gasteiger partial charge < -0.3 is 14.6 Å². The second-order valence-corrected chi connectivity index (χ2v) is 4.88. The van der Waals surface area contributed by atoms with Gasteiger partial charge in [-0.2, -0.15) is 0 Å². The first kappa shape index (κ1) is 15.7. The molecule has 2 aromatic carbocycles. The molecule has 1 N–H and O–H groups in total. The van der Waals surface area contributed by atoms with E-state index in [1.54, 1.807) is 26.4 Å². The van der Waals surface area contributed by atoms with Gasteiger partial charge in [-0.1, -0.05) is 36.4 Å². The Kier molecular flexibility index (Phi) is 5.26. The van der Waals surface area contributed by atoms with Crippen LogP contribution in [-0.4, -0.2) is 19.3 Å². The molecule has 0 aliphatic carbocycles. The lowest BCUT2D eigenvalue weighted by molar-refractivity contribution is 0.353. The monoisotopic (exact) mass is 296 g/mol. The summed E-state index contributed by atoms with van der Waals surface area (Å²) in [5.41, 5.74) is 3.11. The lowest BCUT2D eigenvalue weighted by atomic mass is 10.1. The molecule has 0 amide bonds. The van der Waals surface area contributed by atoms with Gasteiger partial charge in [0.15, 0.2) is 11.5 Å². The van der Waals surface area contributed by atoms with Gasteiger partial charge in [0.1, 0.15) is 5.75 Å². The van der Waals surface area contributed by atoms with E-state index in [0.29, 0.717) is 0 Å². The van der Waals surface area contributed by atoms with Crippen LogP contribution < -0.4 is 9.47 Å². The maximum absolute atomic E-state index is 9.23. The van der Waals surface area contributed by atoms with Gasteiger partial charge in [0.2, 0.25) is 0 Å². The summed E-state index contributed by atoms with van der Waals surface area (Å²) in [4.78, 5) is 0. The highest BCUT2D eigenvalue weighted by Crippen LogP contribution is 2.32. The fourth-order valence-electron chi connectivity index (χ4n) is 2.20. The molecule has 114 valence electrons. The van der Waals surface area contributed by atoms with Gasteiger partial charge >= 0.3 is 0 Å². The van der Waals surface area contributed by atoms with Crippen molar-refractivity contribution < 1.29 is 14.6 Å². The largest absolute Gasteiger partial charge is 0.508 e. The molecule has 2 rings (SSSR count). The SMILES string of the molecule is COc1cc(/C=C/C=C/c2ccc(O)cc2)cc(C)c1OC. The van der Waals surface area contributed by atoms with E-state index in [1.165, 1.54) is 0 Å². The number of rotatable bonds is 5. The molecule has 0 radical (unpaired) electrons. The average Bonchev–Trinajstić information content (AvgIpc) is 2.52. The quantitative estimate of drug-likeness (QED) is 0.829. The van der Waals surface area contributed by atoms with Crippen LogP contribution in [0, 0.1) is 6.92 Å². The van der Waals surface area contributed by atoms with E-state index in [0.717, 1.165) is 28.2 Å². The number of aryl methyl sites for hydroxylation is 1. The third-order valence-corrected chi connectivity index (χ3v) is 3.27. The zero-order valence-corrected chi connectivity index (χ0v) is 13.0. The number of hydrogen-bond acceptors (Lipinski definition) is 3. The van der Waals surface area contributed by atoms with Crippen molar-refractivity contribution in [3.05, 3.63) is 65.2 Å². The number of hydrogen-bond donors (Lipinski definition) is 1. The Hall–Kier alpha value is -2.68. The molecule has 0 unspecified atom stereocenters. The van der Waals surface area contributed by atoms with Gasteiger partial charge in [-0.25, -0.2) is 0 Å². The second kappa shape index (κ2) is 7.36. The number of aromatic hydroxyl groups is 1. The lowest BCUT2D eigenvalue weighted by Gasteiger charge is -2.11. The van der Waals surface area contributed by atoms with Crippen molar-refractivity contribution in [1.29, 1.82) is 0 Å². The van der Waals surface area contributed by atoms with Crippen LogP contribution in [0.5, 0.6) is 17.2 Å². The molecular formula is C19H20O3. The van der Waals surface area contributed by atoms with Gasteiger partial charge in [-0.3, -0.25) is 0 Å². The van der Waals surface area contributed by atoms with Crippen LogP contribution >= 0.6 is 0 Å². The maximum Gasteiger partial charge on any atom is 0.163 e. The number of phenolic OH excluding ortho intramolecular Hbond substituents is 1. The predicted octanol–water partition coefficient (Wildman–Crippen LogP) is 4.44. The van der Waals surface area contributed by atoms with Crippen molar-refractivity contribution in [2.24, 2.45) is 0 Å². The van der Waals surface area contributed by atoms with Crippen molar-refractivity contribution in [2.45, 2.75) is 6.92 Å². The Morgan fingerprint density at radius 3 is 2.09 bits per heavy atom. The van der Waals surface area contributed by atoms with Crippen LogP contribution in [0.15, 0.2) is 48.6 Å². The molecule has 0 spiro atoms. The maximum atomic E-state index is 9.23. The summed E-state index contributed by atoms with van der Waals surface area (Å²) in [5.74, 6) is 1.76. The van der Waals surface area contributed by atoms with Crippen LogP contribution in [0.2, 0.25) is 0 Å². The van der Waals surface area contributed by atoms with Gasteiger partial charge in [0.05, 0.1) is 14.2 Å². The first-order valence-corrected chi connectivity index (χ1v) is 7.00. The number of ether oxygens (including phenoxy) is 2. The molecular weight excluding hydrogens is 276 g/mol. The molecule has 0 bridgehead atoms. The highest BCUT2D eigenvalue weighted by Gasteiger charge is 2.07. The summed E-state index contributed by atoms with van der Waals surface area (Å²) in [5, 5.41) is 9.23. The van der Waals surface area contributed by atoms with Crippen molar-refractivity contribution >= 4 is 12.2 Å². The first-order chi connectivity index (χ1) is 10.6. The van der Waals surface area contributed by atoms with Crippen LogP contribution in [0.1, 0.15) is 16.7 Å². The van der Waals surface area contributed by atoms with Gasteiger partial charge in [0, 0.05) is 0 Å². The predicted molar refractivity (Wildman–Crippen MR) is 90.5 cm³/mol. The molecule has 0 saturated heterocycles. The fourth-order valence-corrected chi connectivity index (χ4v) is 2.20. The van der Waals surface area contributed by atoms with Crippen molar-refractivity contribution in [3.63, 3.8) is 0 Å². The number of phenols is 1. The van der Waals surface area contributed by atoms with E-state index in [4.69, 9.17) is 9.47 Å². The van der Waals surface area contributed by atoms with Gasteiger partial charge in [0.25, 0.3) is 0 Å². The van der Waals surface area contributed by atoms with Gasteiger partial charge in [-0.05, 0) is 47.9 Å². The van der Waals surface area contributed by atoms with E-state index >= 15 is 0 Å². The summed E-state index contributed by atoms with van der Waals surface area (Å²) < 4.78 is 10.7. The molecule has 2 aromatic rings. The summed E-state index contributed by atoms with van der Waals surface area (Å²) in [6.45, 7) is 1.99. The normalized spacial score (nSPS) is 11.2. The molecule has 22 heavy (non-hydrogen) atoms. The zero-order valence-electron chi connectivity index (χ0n) is 13.0. The van der Waals surface area contributed by atoms with E-state index in [1.807, 2.05) is 55.5 Å². The molecule has 0 aliphatic heterocycles. The fraction of sp³-hybridized carbons (Fsp3) is 0.158. The van der Waals surface area contributed by atoms with E-state index in [9.17, 15) is 5.11 Å². The molecule has 0 fully saturated rings. The van der Waals surface area contributed by atoms with Crippen molar-refractivity contribution in [1.82, 2.24) is 0 Å². The molecule has 3 nitrogen and oxygen atoms in total. The van der Waals surface area contributed by atoms with Crippen LogP contribution in [0.4, 0.5) is 0 Å². The van der Waals surface area contributed by atoms with E-state index in [2.05, 4.69) is 0 Å². The lowest BCUT2D eigenvalue weighted by Crippen LogP contribution is -1.93. The van der Waals surface area contributed by atoms with Gasteiger partial charge in [-0.15, -0.1) is 0 Å². The number of allylic oxidation sites excluding steroid dienone is 2. The van der Waals surface area contributed by atoms with Crippen LogP contribution in [0.3, 0.4) is 0 Å². The molecule has 0 heterocycles. The minimum atomic E-state index is 0.272. The van der Waals surface area contributed by atoms with E-state index in [-0.39, 0.29) is 5.75 Å². The third-order valence-electron chi connectivity index (χ3n) is 3.27. The smallest absolute Gasteiger partial charge is 0.163 e.